The molecule has 5 nitrogen and oxygen atoms in total. The topological polar surface area (TPSA) is 74.7 Å². The molecule has 3 rings (SSSR count). The van der Waals surface area contributed by atoms with Gasteiger partial charge in [0.05, 0.1) is 23.0 Å². The first-order chi connectivity index (χ1) is 9.72. The van der Waals surface area contributed by atoms with Gasteiger partial charge in [-0.25, -0.2) is 4.68 Å². The Morgan fingerprint density at radius 2 is 2.15 bits per heavy atom. The van der Waals surface area contributed by atoms with Crippen molar-refractivity contribution in [2.45, 2.75) is 0 Å². The summed E-state index contributed by atoms with van der Waals surface area (Å²) in [6.45, 7) is 3.44. The van der Waals surface area contributed by atoms with Crippen LogP contribution in [0.15, 0.2) is 49.3 Å². The van der Waals surface area contributed by atoms with Crippen LogP contribution in [-0.4, -0.2) is 19.9 Å². The Kier molecular flexibility index (Phi) is 2.70. The lowest BCUT2D eigenvalue weighted by molar-refractivity contribution is 0.513. The predicted octanol–water partition coefficient (Wildman–Crippen LogP) is 2.82. The van der Waals surface area contributed by atoms with E-state index < -0.39 is 0 Å². The number of fused-ring (bicyclic) bond motifs is 1. The zero-order chi connectivity index (χ0) is 14.1. The van der Waals surface area contributed by atoms with E-state index in [2.05, 4.69) is 16.7 Å². The van der Waals surface area contributed by atoms with Gasteiger partial charge in [-0.05, 0) is 24.3 Å². The molecule has 0 aliphatic heterocycles. The standard InChI is InChI=1S/C15H10N4O/c1-10(20)12-9-18-19(15(12)8-16)14-6-2-5-13-11(14)4-3-7-17-13/h2-7,9,20H,1H2. The molecule has 3 aromatic rings. The monoisotopic (exact) mass is 262 g/mol. The molecule has 96 valence electrons. The van der Waals surface area contributed by atoms with Crippen LogP contribution in [0, 0.1) is 11.3 Å². The second-order valence-corrected chi connectivity index (χ2v) is 4.22. The average Bonchev–Trinajstić information content (AvgIpc) is 2.90. The van der Waals surface area contributed by atoms with Gasteiger partial charge in [0.1, 0.15) is 11.8 Å². The molecule has 0 spiro atoms. The molecule has 0 saturated carbocycles. The van der Waals surface area contributed by atoms with Crippen molar-refractivity contribution < 1.29 is 5.11 Å². The van der Waals surface area contributed by atoms with Crippen LogP contribution in [0.2, 0.25) is 0 Å². The Balaban J connectivity index is 2.32. The highest BCUT2D eigenvalue weighted by atomic mass is 16.3. The van der Waals surface area contributed by atoms with Crippen LogP contribution in [0.1, 0.15) is 11.3 Å². The van der Waals surface area contributed by atoms with Crippen LogP contribution < -0.4 is 0 Å². The third-order valence-corrected chi connectivity index (χ3v) is 3.04. The number of hydrogen-bond acceptors (Lipinski definition) is 4. The molecule has 0 saturated heterocycles. The number of benzene rings is 1. The third kappa shape index (κ3) is 1.71. The van der Waals surface area contributed by atoms with E-state index in [0.717, 1.165) is 16.6 Å². The number of aromatic nitrogens is 3. The molecule has 0 aliphatic carbocycles. The summed E-state index contributed by atoms with van der Waals surface area (Å²) in [5.74, 6) is -0.175. The van der Waals surface area contributed by atoms with Crippen molar-refractivity contribution >= 4 is 16.7 Å². The lowest BCUT2D eigenvalue weighted by Gasteiger charge is -2.07. The molecule has 20 heavy (non-hydrogen) atoms. The van der Waals surface area contributed by atoms with Crippen molar-refractivity contribution in [3.05, 3.63) is 60.6 Å². The molecule has 1 N–H and O–H groups in total. The molecule has 5 heteroatoms. The molecule has 0 amide bonds. The van der Waals surface area contributed by atoms with Crippen molar-refractivity contribution in [3.63, 3.8) is 0 Å². The molecular formula is C15H10N4O. The van der Waals surface area contributed by atoms with Gasteiger partial charge < -0.3 is 5.11 Å². The smallest absolute Gasteiger partial charge is 0.155 e. The minimum absolute atomic E-state index is 0.175. The van der Waals surface area contributed by atoms with Crippen LogP contribution in [0.5, 0.6) is 0 Å². The molecule has 0 unspecified atom stereocenters. The van der Waals surface area contributed by atoms with E-state index in [9.17, 15) is 10.4 Å². The van der Waals surface area contributed by atoms with E-state index >= 15 is 0 Å². The fraction of sp³-hybridized carbons (Fsp3) is 0. The van der Waals surface area contributed by atoms with E-state index in [1.165, 1.54) is 10.9 Å². The highest BCUT2D eigenvalue weighted by Crippen LogP contribution is 2.24. The van der Waals surface area contributed by atoms with Gasteiger partial charge in [-0.3, -0.25) is 4.98 Å². The maximum atomic E-state index is 9.50. The Bertz CT molecular complexity index is 852. The zero-order valence-electron chi connectivity index (χ0n) is 10.5. The fourth-order valence-electron chi connectivity index (χ4n) is 2.12. The third-order valence-electron chi connectivity index (χ3n) is 3.04. The molecule has 1 aromatic carbocycles. The first-order valence-electron chi connectivity index (χ1n) is 5.93. The molecule has 2 heterocycles. The van der Waals surface area contributed by atoms with Crippen molar-refractivity contribution in [3.8, 4) is 11.8 Å². The van der Waals surface area contributed by atoms with E-state index in [1.54, 1.807) is 6.20 Å². The number of rotatable bonds is 2. The second kappa shape index (κ2) is 4.52. The Morgan fingerprint density at radius 1 is 1.30 bits per heavy atom. The lowest BCUT2D eigenvalue weighted by Crippen LogP contribution is -2.01. The number of nitrogens with zero attached hydrogens (tertiary/aromatic N) is 4. The number of aliphatic hydroxyl groups excluding tert-OH is 1. The average molecular weight is 262 g/mol. The first-order valence-corrected chi connectivity index (χ1v) is 5.93. The second-order valence-electron chi connectivity index (χ2n) is 4.22. The number of hydrogen-bond donors (Lipinski definition) is 1. The largest absolute Gasteiger partial charge is 0.508 e. The Morgan fingerprint density at radius 3 is 2.90 bits per heavy atom. The molecule has 2 aromatic heterocycles. The molecule has 0 radical (unpaired) electrons. The van der Waals surface area contributed by atoms with Gasteiger partial charge in [-0.1, -0.05) is 12.6 Å². The summed E-state index contributed by atoms with van der Waals surface area (Å²) in [5, 5.41) is 23.8. The number of aliphatic hydroxyl groups is 1. The summed E-state index contributed by atoms with van der Waals surface area (Å²) in [7, 11) is 0. The van der Waals surface area contributed by atoms with E-state index in [1.807, 2.05) is 36.4 Å². The van der Waals surface area contributed by atoms with Crippen LogP contribution in [0.3, 0.4) is 0 Å². The highest BCUT2D eigenvalue weighted by Gasteiger charge is 2.15. The molecule has 0 atom stereocenters. The Hall–Kier alpha value is -3.13. The van der Waals surface area contributed by atoms with Crippen LogP contribution >= 0.6 is 0 Å². The molecule has 0 bridgehead atoms. The summed E-state index contributed by atoms with van der Waals surface area (Å²) in [6.07, 6.45) is 3.14. The highest BCUT2D eigenvalue weighted by molar-refractivity contribution is 5.87. The van der Waals surface area contributed by atoms with E-state index in [-0.39, 0.29) is 11.5 Å². The summed E-state index contributed by atoms with van der Waals surface area (Å²) >= 11 is 0. The fourth-order valence-corrected chi connectivity index (χ4v) is 2.12. The summed E-state index contributed by atoms with van der Waals surface area (Å²) < 4.78 is 1.49. The summed E-state index contributed by atoms with van der Waals surface area (Å²) in [5.41, 5.74) is 2.12. The van der Waals surface area contributed by atoms with Crippen LogP contribution in [-0.2, 0) is 0 Å². The molecular weight excluding hydrogens is 252 g/mol. The van der Waals surface area contributed by atoms with Gasteiger partial charge in [0.25, 0.3) is 0 Å². The van der Waals surface area contributed by atoms with Crippen molar-refractivity contribution in [2.24, 2.45) is 0 Å². The van der Waals surface area contributed by atoms with Gasteiger partial charge in [-0.15, -0.1) is 0 Å². The van der Waals surface area contributed by atoms with Gasteiger partial charge >= 0.3 is 0 Å². The maximum absolute atomic E-state index is 9.50. The van der Waals surface area contributed by atoms with Crippen molar-refractivity contribution in [1.29, 1.82) is 5.26 Å². The van der Waals surface area contributed by atoms with Gasteiger partial charge in [0.15, 0.2) is 5.69 Å². The minimum atomic E-state index is -0.175. The summed E-state index contributed by atoms with van der Waals surface area (Å²) in [4.78, 5) is 4.27. The number of pyridine rings is 1. The first kappa shape index (κ1) is 11.9. The van der Waals surface area contributed by atoms with Crippen molar-refractivity contribution in [1.82, 2.24) is 14.8 Å². The zero-order valence-corrected chi connectivity index (χ0v) is 10.5. The quantitative estimate of drug-likeness (QED) is 0.720. The van der Waals surface area contributed by atoms with E-state index in [0.29, 0.717) is 5.56 Å². The van der Waals surface area contributed by atoms with E-state index in [4.69, 9.17) is 0 Å². The predicted molar refractivity (Wildman–Crippen MR) is 75.2 cm³/mol. The number of nitriles is 1. The van der Waals surface area contributed by atoms with Crippen molar-refractivity contribution in [2.75, 3.05) is 0 Å². The molecule has 0 fully saturated rings. The van der Waals surface area contributed by atoms with Gasteiger partial charge in [0, 0.05) is 11.6 Å². The minimum Gasteiger partial charge on any atom is -0.508 e. The maximum Gasteiger partial charge on any atom is 0.155 e. The van der Waals surface area contributed by atoms with Crippen LogP contribution in [0.25, 0.3) is 22.3 Å². The van der Waals surface area contributed by atoms with Gasteiger partial charge in [-0.2, -0.15) is 10.4 Å². The SMILES string of the molecule is C=C(O)c1cnn(-c2cccc3ncccc23)c1C#N. The normalized spacial score (nSPS) is 10.3. The van der Waals surface area contributed by atoms with Crippen LogP contribution in [0.4, 0.5) is 0 Å². The lowest BCUT2D eigenvalue weighted by atomic mass is 10.1. The summed E-state index contributed by atoms with van der Waals surface area (Å²) in [6, 6.07) is 11.4. The Labute approximate surface area is 115 Å². The molecule has 0 aliphatic rings. The van der Waals surface area contributed by atoms with Gasteiger partial charge in [0.2, 0.25) is 0 Å².